The Morgan fingerprint density at radius 1 is 1.17 bits per heavy atom. The molecule has 1 fully saturated rings. The molecular weight excluding hydrogens is 455 g/mol. The molecule has 3 aromatic rings. The number of nitrogens with one attached hydrogen (secondary N) is 1. The van der Waals surface area contributed by atoms with Crippen molar-refractivity contribution in [1.82, 2.24) is 10.1 Å². The number of rotatable bonds is 4. The molecule has 0 spiro atoms. The van der Waals surface area contributed by atoms with Crippen molar-refractivity contribution in [1.29, 1.82) is 0 Å². The quantitative estimate of drug-likeness (QED) is 0.402. The standard InChI is InChI=1S/C20H19Cl2F2N3O2S/c21-15-4-3-14(20-19(15)16(22)10-26-20)13-2-1-11(8-17(13)30(25,28)29)7-12-5-6-27(24)18(23)9-12/h1-4,8,10,12,18,26H,5-7,9H2,(H2,25,28,29). The third kappa shape index (κ3) is 4.07. The Labute approximate surface area is 182 Å². The van der Waals surface area contributed by atoms with Gasteiger partial charge in [0.1, 0.15) is 0 Å². The first kappa shape index (κ1) is 21.5. The van der Waals surface area contributed by atoms with Gasteiger partial charge in [-0.1, -0.05) is 41.4 Å². The molecule has 0 saturated carbocycles. The van der Waals surface area contributed by atoms with Gasteiger partial charge in [-0.25, -0.2) is 17.9 Å². The average Bonchev–Trinajstić information content (AvgIpc) is 3.07. The van der Waals surface area contributed by atoms with Crippen LogP contribution in [0.5, 0.6) is 0 Å². The molecule has 2 heterocycles. The van der Waals surface area contributed by atoms with E-state index >= 15 is 0 Å². The van der Waals surface area contributed by atoms with Crippen molar-refractivity contribution in [3.8, 4) is 11.1 Å². The summed E-state index contributed by atoms with van der Waals surface area (Å²) in [7, 11) is -4.06. The Morgan fingerprint density at radius 2 is 1.90 bits per heavy atom. The zero-order chi connectivity index (χ0) is 21.6. The van der Waals surface area contributed by atoms with Crippen molar-refractivity contribution >= 4 is 44.1 Å². The second-order valence-electron chi connectivity index (χ2n) is 7.51. The first-order chi connectivity index (χ1) is 14.1. The molecule has 2 atom stereocenters. The van der Waals surface area contributed by atoms with Gasteiger partial charge in [-0.2, -0.15) is 0 Å². The van der Waals surface area contributed by atoms with E-state index in [9.17, 15) is 17.3 Å². The molecule has 1 aliphatic heterocycles. The fourth-order valence-corrected chi connectivity index (χ4v) is 5.38. The van der Waals surface area contributed by atoms with E-state index < -0.39 is 16.3 Å². The first-order valence-corrected chi connectivity index (χ1v) is 11.6. The number of aromatic amines is 1. The molecule has 2 unspecified atom stereocenters. The summed E-state index contributed by atoms with van der Waals surface area (Å²) in [6.07, 6.45) is 0.920. The minimum absolute atomic E-state index is 0.0162. The lowest BCUT2D eigenvalue weighted by Gasteiger charge is -2.29. The Hall–Kier alpha value is -1.71. The van der Waals surface area contributed by atoms with Crippen LogP contribution in [-0.4, -0.2) is 31.4 Å². The highest BCUT2D eigenvalue weighted by Gasteiger charge is 2.29. The summed E-state index contributed by atoms with van der Waals surface area (Å²) >= 11 is 12.4. The van der Waals surface area contributed by atoms with E-state index in [-0.39, 0.29) is 28.9 Å². The van der Waals surface area contributed by atoms with E-state index in [0.717, 1.165) is 0 Å². The van der Waals surface area contributed by atoms with Crippen LogP contribution in [0, 0.1) is 5.92 Å². The Balaban J connectivity index is 1.76. The third-order valence-electron chi connectivity index (χ3n) is 5.49. The van der Waals surface area contributed by atoms with Gasteiger partial charge in [0.2, 0.25) is 10.0 Å². The minimum Gasteiger partial charge on any atom is -0.359 e. The number of nitrogens with zero attached hydrogens (tertiary/aromatic N) is 1. The highest BCUT2D eigenvalue weighted by Crippen LogP contribution is 2.39. The third-order valence-corrected chi connectivity index (χ3v) is 7.05. The molecule has 160 valence electrons. The molecule has 0 radical (unpaired) electrons. The molecule has 10 heteroatoms. The topological polar surface area (TPSA) is 79.2 Å². The lowest BCUT2D eigenvalue weighted by molar-refractivity contribution is -0.113. The Bertz CT molecular complexity index is 1220. The van der Waals surface area contributed by atoms with E-state index in [4.69, 9.17) is 28.3 Å². The highest BCUT2D eigenvalue weighted by atomic mass is 35.5. The summed E-state index contributed by atoms with van der Waals surface area (Å²) < 4.78 is 51.7. The van der Waals surface area contributed by atoms with Gasteiger partial charge in [-0.15, -0.1) is 9.60 Å². The number of benzene rings is 2. The van der Waals surface area contributed by atoms with E-state index in [1.54, 1.807) is 30.5 Å². The molecule has 4 rings (SSSR count). The monoisotopic (exact) mass is 473 g/mol. The molecule has 1 saturated heterocycles. The molecule has 5 nitrogen and oxygen atoms in total. The summed E-state index contributed by atoms with van der Waals surface area (Å²) in [4.78, 5) is 2.98. The van der Waals surface area contributed by atoms with Crippen LogP contribution >= 0.6 is 23.2 Å². The number of aromatic nitrogens is 1. The van der Waals surface area contributed by atoms with Gasteiger partial charge in [0.15, 0.2) is 6.30 Å². The number of alkyl halides is 1. The number of hydrogen-bond donors (Lipinski definition) is 2. The number of halogens is 4. The lowest BCUT2D eigenvalue weighted by Crippen LogP contribution is -2.34. The zero-order valence-corrected chi connectivity index (χ0v) is 18.0. The van der Waals surface area contributed by atoms with Crippen LogP contribution < -0.4 is 5.14 Å². The maximum absolute atomic E-state index is 13.7. The van der Waals surface area contributed by atoms with Gasteiger partial charge >= 0.3 is 0 Å². The number of piperidine rings is 1. The van der Waals surface area contributed by atoms with Crippen molar-refractivity contribution in [2.45, 2.75) is 30.5 Å². The van der Waals surface area contributed by atoms with Crippen molar-refractivity contribution in [2.75, 3.05) is 6.54 Å². The summed E-state index contributed by atoms with van der Waals surface area (Å²) in [6, 6.07) is 8.30. The fraction of sp³-hybridized carbons (Fsp3) is 0.300. The number of H-pyrrole nitrogens is 1. The number of sulfonamides is 1. The predicted molar refractivity (Wildman–Crippen MR) is 114 cm³/mol. The largest absolute Gasteiger partial charge is 0.359 e. The van der Waals surface area contributed by atoms with Gasteiger partial charge in [0, 0.05) is 29.3 Å². The molecule has 1 aliphatic rings. The van der Waals surface area contributed by atoms with Crippen molar-refractivity contribution in [3.05, 3.63) is 52.1 Å². The van der Waals surface area contributed by atoms with Crippen LogP contribution in [0.1, 0.15) is 18.4 Å². The second-order valence-corrected chi connectivity index (χ2v) is 9.85. The molecule has 0 aliphatic carbocycles. The molecule has 0 amide bonds. The maximum Gasteiger partial charge on any atom is 0.238 e. The van der Waals surface area contributed by atoms with Gasteiger partial charge in [0.05, 0.1) is 20.5 Å². The first-order valence-electron chi connectivity index (χ1n) is 9.33. The maximum atomic E-state index is 13.7. The summed E-state index contributed by atoms with van der Waals surface area (Å²) in [6.45, 7) is 0.0162. The molecule has 3 N–H and O–H groups in total. The fourth-order valence-electron chi connectivity index (χ4n) is 4.02. The molecule has 0 bridgehead atoms. The number of fused-ring (bicyclic) bond motifs is 1. The molecule has 1 aromatic heterocycles. The van der Waals surface area contributed by atoms with Crippen LogP contribution in [0.4, 0.5) is 8.87 Å². The lowest BCUT2D eigenvalue weighted by atomic mass is 9.89. The smallest absolute Gasteiger partial charge is 0.238 e. The minimum atomic E-state index is -4.06. The summed E-state index contributed by atoms with van der Waals surface area (Å²) in [5.41, 5.74) is 2.29. The Morgan fingerprint density at radius 3 is 2.60 bits per heavy atom. The van der Waals surface area contributed by atoms with Gasteiger partial charge in [-0.05, 0) is 42.9 Å². The number of primary sulfonamides is 1. The Kier molecular flexibility index (Phi) is 5.80. The average molecular weight is 474 g/mol. The van der Waals surface area contributed by atoms with Crippen LogP contribution in [0.15, 0.2) is 41.4 Å². The normalized spacial score (nSPS) is 20.7. The van der Waals surface area contributed by atoms with Crippen LogP contribution in [0.25, 0.3) is 22.0 Å². The van der Waals surface area contributed by atoms with Crippen LogP contribution in [0.3, 0.4) is 0 Å². The number of nitrogens with two attached hydrogens (primary N) is 1. The van der Waals surface area contributed by atoms with Crippen molar-refractivity contribution in [3.63, 3.8) is 0 Å². The zero-order valence-electron chi connectivity index (χ0n) is 15.7. The van der Waals surface area contributed by atoms with E-state index in [1.165, 1.54) is 6.07 Å². The molecular formula is C20H19Cl2F2N3O2S. The number of hydrogen-bond acceptors (Lipinski definition) is 3. The van der Waals surface area contributed by atoms with E-state index in [2.05, 4.69) is 4.98 Å². The molecule has 30 heavy (non-hydrogen) atoms. The van der Waals surface area contributed by atoms with Crippen LogP contribution in [0.2, 0.25) is 10.0 Å². The summed E-state index contributed by atoms with van der Waals surface area (Å²) in [5.74, 6) is -0.0874. The SMILES string of the molecule is NS(=O)(=O)c1cc(CC2CCN(F)C(F)C2)ccc1-c1ccc(Cl)c2c(Cl)c[nH]c12. The van der Waals surface area contributed by atoms with E-state index in [1.807, 2.05) is 0 Å². The van der Waals surface area contributed by atoms with Gasteiger partial charge in [-0.3, -0.25) is 0 Å². The van der Waals surface area contributed by atoms with Crippen LogP contribution in [-0.2, 0) is 16.4 Å². The summed E-state index contributed by atoms with van der Waals surface area (Å²) in [5, 5.41) is 7.16. The van der Waals surface area contributed by atoms with Crippen molar-refractivity contribution < 1.29 is 17.3 Å². The molecule has 2 aromatic carbocycles. The van der Waals surface area contributed by atoms with Gasteiger partial charge < -0.3 is 4.98 Å². The predicted octanol–water partition coefficient (Wildman–Crippen LogP) is 5.22. The second kappa shape index (κ2) is 8.09. The van der Waals surface area contributed by atoms with E-state index in [0.29, 0.717) is 50.5 Å². The van der Waals surface area contributed by atoms with Gasteiger partial charge in [0.25, 0.3) is 0 Å². The van der Waals surface area contributed by atoms with Crippen molar-refractivity contribution in [2.24, 2.45) is 11.1 Å². The highest BCUT2D eigenvalue weighted by molar-refractivity contribution is 7.89.